The van der Waals surface area contributed by atoms with Gasteiger partial charge in [0.1, 0.15) is 0 Å². The summed E-state index contributed by atoms with van der Waals surface area (Å²) in [5.74, 6) is 0.0325. The van der Waals surface area contributed by atoms with E-state index in [0.29, 0.717) is 17.9 Å². The van der Waals surface area contributed by atoms with Crippen molar-refractivity contribution in [3.63, 3.8) is 0 Å². The summed E-state index contributed by atoms with van der Waals surface area (Å²) in [5.41, 5.74) is 8.71. The Morgan fingerprint density at radius 2 is 1.83 bits per heavy atom. The molecule has 23 heavy (non-hydrogen) atoms. The maximum atomic E-state index is 12.2. The Bertz CT molecular complexity index is 629. The summed E-state index contributed by atoms with van der Waals surface area (Å²) in [6, 6.07) is 15.2. The van der Waals surface area contributed by atoms with Gasteiger partial charge in [-0.25, -0.2) is 0 Å². The number of nitrogens with two attached hydrogens (primary N) is 1. The molecule has 3 nitrogen and oxygen atoms in total. The number of anilines is 1. The first kappa shape index (κ1) is 19.3. The summed E-state index contributed by atoms with van der Waals surface area (Å²) in [4.78, 5) is 12.2. The number of benzene rings is 2. The molecule has 0 saturated carbocycles. The van der Waals surface area contributed by atoms with Crippen LogP contribution >= 0.6 is 24.0 Å². The van der Waals surface area contributed by atoms with Gasteiger partial charge in [0.05, 0.1) is 6.04 Å². The van der Waals surface area contributed by atoms with E-state index in [4.69, 9.17) is 17.3 Å². The van der Waals surface area contributed by atoms with Crippen molar-refractivity contribution in [2.45, 2.75) is 32.2 Å². The van der Waals surface area contributed by atoms with Crippen molar-refractivity contribution in [3.05, 3.63) is 64.7 Å². The molecule has 0 radical (unpaired) electrons. The molecule has 5 heteroatoms. The standard InChI is InChI=1S/C18H21ClN2O.ClH/c1-2-17(14-7-10-15(19)11-8-14)21-18(22)12-9-13-5-3-4-6-16(13)20;/h3-8,10-11,17H,2,9,12,20H2,1H3,(H,21,22);1H. The lowest BCUT2D eigenvalue weighted by Gasteiger charge is -2.17. The minimum absolute atomic E-state index is 0. The maximum absolute atomic E-state index is 12.2. The second kappa shape index (κ2) is 9.43. The third-order valence-corrected chi connectivity index (χ3v) is 3.94. The predicted octanol–water partition coefficient (Wildman–Crippen LogP) is 4.54. The second-order valence-electron chi connectivity index (χ2n) is 5.28. The molecule has 2 aromatic carbocycles. The van der Waals surface area contributed by atoms with Crippen LogP contribution in [0.3, 0.4) is 0 Å². The van der Waals surface area contributed by atoms with E-state index in [1.165, 1.54) is 0 Å². The Kier molecular flexibility index (Phi) is 7.93. The van der Waals surface area contributed by atoms with Crippen molar-refractivity contribution in [1.82, 2.24) is 5.32 Å². The zero-order valence-corrected chi connectivity index (χ0v) is 14.7. The molecule has 0 bridgehead atoms. The first-order valence-corrected chi connectivity index (χ1v) is 7.86. The number of para-hydroxylation sites is 1. The van der Waals surface area contributed by atoms with Gasteiger partial charge in [0, 0.05) is 17.1 Å². The molecular formula is C18H22Cl2N2O. The van der Waals surface area contributed by atoms with Crippen LogP contribution in [0.2, 0.25) is 5.02 Å². The van der Waals surface area contributed by atoms with Crippen LogP contribution in [-0.2, 0) is 11.2 Å². The van der Waals surface area contributed by atoms with Crippen LogP contribution in [0.5, 0.6) is 0 Å². The highest BCUT2D eigenvalue weighted by atomic mass is 35.5. The van der Waals surface area contributed by atoms with E-state index in [1.807, 2.05) is 48.5 Å². The van der Waals surface area contributed by atoms with Gasteiger partial charge in [0.2, 0.25) is 5.91 Å². The van der Waals surface area contributed by atoms with Crippen molar-refractivity contribution in [1.29, 1.82) is 0 Å². The molecule has 0 aromatic heterocycles. The summed E-state index contributed by atoms with van der Waals surface area (Å²) < 4.78 is 0. The minimum Gasteiger partial charge on any atom is -0.399 e. The number of hydrogen-bond donors (Lipinski definition) is 2. The molecule has 0 aliphatic heterocycles. The largest absolute Gasteiger partial charge is 0.399 e. The van der Waals surface area contributed by atoms with E-state index < -0.39 is 0 Å². The SMILES string of the molecule is CCC(NC(=O)CCc1ccccc1N)c1ccc(Cl)cc1.Cl. The summed E-state index contributed by atoms with van der Waals surface area (Å²) >= 11 is 5.90. The van der Waals surface area contributed by atoms with Crippen molar-refractivity contribution in [2.75, 3.05) is 5.73 Å². The fraction of sp³-hybridized carbons (Fsp3) is 0.278. The molecule has 0 saturated heterocycles. The van der Waals surface area contributed by atoms with E-state index >= 15 is 0 Å². The molecule has 0 fully saturated rings. The third kappa shape index (κ3) is 5.77. The van der Waals surface area contributed by atoms with Gasteiger partial charge in [0.15, 0.2) is 0 Å². The number of hydrogen-bond acceptors (Lipinski definition) is 2. The summed E-state index contributed by atoms with van der Waals surface area (Å²) in [6.45, 7) is 2.05. The van der Waals surface area contributed by atoms with Crippen LogP contribution in [0, 0.1) is 0 Å². The highest BCUT2D eigenvalue weighted by Crippen LogP contribution is 2.19. The number of nitrogens with one attached hydrogen (secondary N) is 1. The quantitative estimate of drug-likeness (QED) is 0.749. The second-order valence-corrected chi connectivity index (χ2v) is 5.72. The van der Waals surface area contributed by atoms with Gasteiger partial charge < -0.3 is 11.1 Å². The average Bonchev–Trinajstić information content (AvgIpc) is 2.53. The van der Waals surface area contributed by atoms with Gasteiger partial charge >= 0.3 is 0 Å². The number of amides is 1. The summed E-state index contributed by atoms with van der Waals surface area (Å²) in [5, 5.41) is 3.77. The molecule has 0 aliphatic carbocycles. The molecule has 3 N–H and O–H groups in total. The Hall–Kier alpha value is -1.71. The van der Waals surface area contributed by atoms with Crippen molar-refractivity contribution >= 4 is 35.6 Å². The number of aryl methyl sites for hydroxylation is 1. The monoisotopic (exact) mass is 352 g/mol. The van der Waals surface area contributed by atoms with Gasteiger partial charge in [-0.15, -0.1) is 12.4 Å². The fourth-order valence-corrected chi connectivity index (χ4v) is 2.52. The lowest BCUT2D eigenvalue weighted by Crippen LogP contribution is -2.28. The highest BCUT2D eigenvalue weighted by molar-refractivity contribution is 6.30. The van der Waals surface area contributed by atoms with Gasteiger partial charge in [-0.1, -0.05) is 48.9 Å². The van der Waals surface area contributed by atoms with E-state index in [2.05, 4.69) is 12.2 Å². The molecule has 2 rings (SSSR count). The van der Waals surface area contributed by atoms with Crippen molar-refractivity contribution in [3.8, 4) is 0 Å². The Balaban J connectivity index is 0.00000264. The van der Waals surface area contributed by atoms with Gasteiger partial charge in [-0.2, -0.15) is 0 Å². The zero-order chi connectivity index (χ0) is 15.9. The summed E-state index contributed by atoms with van der Waals surface area (Å²) in [7, 11) is 0. The van der Waals surface area contributed by atoms with Crippen molar-refractivity contribution in [2.24, 2.45) is 0 Å². The number of nitrogen functional groups attached to an aromatic ring is 1. The first-order chi connectivity index (χ1) is 10.6. The highest BCUT2D eigenvalue weighted by Gasteiger charge is 2.13. The smallest absolute Gasteiger partial charge is 0.220 e. The van der Waals surface area contributed by atoms with Gasteiger partial charge in [0.25, 0.3) is 0 Å². The molecule has 1 atom stereocenters. The van der Waals surface area contributed by atoms with Crippen LogP contribution in [0.15, 0.2) is 48.5 Å². The lowest BCUT2D eigenvalue weighted by molar-refractivity contribution is -0.121. The Morgan fingerprint density at radius 3 is 2.43 bits per heavy atom. The molecule has 1 amide bonds. The van der Waals surface area contributed by atoms with Gasteiger partial charge in [-0.3, -0.25) is 4.79 Å². The molecule has 1 unspecified atom stereocenters. The van der Waals surface area contributed by atoms with Crippen molar-refractivity contribution < 1.29 is 4.79 Å². The minimum atomic E-state index is 0. The number of carbonyl (C=O) groups is 1. The maximum Gasteiger partial charge on any atom is 0.220 e. The van der Waals surface area contributed by atoms with E-state index in [-0.39, 0.29) is 24.4 Å². The average molecular weight is 353 g/mol. The molecule has 0 aliphatic rings. The Morgan fingerprint density at radius 1 is 1.17 bits per heavy atom. The molecule has 124 valence electrons. The van der Waals surface area contributed by atoms with Crippen LogP contribution in [0.4, 0.5) is 5.69 Å². The van der Waals surface area contributed by atoms with E-state index in [1.54, 1.807) is 0 Å². The van der Waals surface area contributed by atoms with Crippen LogP contribution < -0.4 is 11.1 Å². The predicted molar refractivity (Wildman–Crippen MR) is 99.1 cm³/mol. The normalized spacial score (nSPS) is 11.4. The molecule has 0 spiro atoms. The third-order valence-electron chi connectivity index (χ3n) is 3.69. The molecule has 0 heterocycles. The molecular weight excluding hydrogens is 331 g/mol. The zero-order valence-electron chi connectivity index (χ0n) is 13.1. The van der Waals surface area contributed by atoms with Crippen LogP contribution in [0.1, 0.15) is 36.9 Å². The number of rotatable bonds is 6. The van der Waals surface area contributed by atoms with Crippen LogP contribution in [0.25, 0.3) is 0 Å². The van der Waals surface area contributed by atoms with Crippen LogP contribution in [-0.4, -0.2) is 5.91 Å². The fourth-order valence-electron chi connectivity index (χ4n) is 2.39. The first-order valence-electron chi connectivity index (χ1n) is 7.48. The Labute approximate surface area is 148 Å². The molecule has 2 aromatic rings. The van der Waals surface area contributed by atoms with E-state index in [9.17, 15) is 4.79 Å². The lowest BCUT2D eigenvalue weighted by atomic mass is 10.0. The topological polar surface area (TPSA) is 55.1 Å². The number of carbonyl (C=O) groups excluding carboxylic acids is 1. The van der Waals surface area contributed by atoms with E-state index in [0.717, 1.165) is 23.2 Å². The number of halogens is 2. The van der Waals surface area contributed by atoms with Gasteiger partial charge in [-0.05, 0) is 42.2 Å². The summed E-state index contributed by atoms with van der Waals surface area (Å²) in [6.07, 6.45) is 1.91.